The van der Waals surface area contributed by atoms with Gasteiger partial charge in [-0.05, 0) is 58.3 Å². The Kier molecular flexibility index (Phi) is 6.22. The van der Waals surface area contributed by atoms with Crippen molar-refractivity contribution in [3.63, 3.8) is 0 Å². The summed E-state index contributed by atoms with van der Waals surface area (Å²) in [6, 6.07) is 12.3. The van der Waals surface area contributed by atoms with Crippen LogP contribution in [0.15, 0.2) is 36.4 Å². The van der Waals surface area contributed by atoms with Gasteiger partial charge < -0.3 is 1.43 Å². The van der Waals surface area contributed by atoms with Crippen molar-refractivity contribution in [3.8, 4) is 0 Å². The molecule has 0 saturated heterocycles. The molecule has 0 saturated carbocycles. The van der Waals surface area contributed by atoms with Crippen LogP contribution in [0.5, 0.6) is 0 Å². The molecule has 0 aromatic heterocycles. The molecular formula is C17H20LiOP. The minimum atomic E-state index is 0. The average Bonchev–Trinajstić information content (AvgIpc) is 2.33. The maximum absolute atomic E-state index is 12.5. The van der Waals surface area contributed by atoms with Crippen LogP contribution in [0.3, 0.4) is 0 Å². The maximum Gasteiger partial charge on any atom is 1.00 e. The van der Waals surface area contributed by atoms with E-state index < -0.39 is 0 Å². The van der Waals surface area contributed by atoms with Crippen LogP contribution in [-0.4, -0.2) is 5.52 Å². The largest absolute Gasteiger partial charge is 1.00 e. The number of hydrogen-bond acceptors (Lipinski definition) is 1. The van der Waals surface area contributed by atoms with Gasteiger partial charge >= 0.3 is 18.9 Å². The van der Waals surface area contributed by atoms with E-state index >= 15 is 0 Å². The molecule has 0 spiro atoms. The van der Waals surface area contributed by atoms with Gasteiger partial charge in [0, 0.05) is 5.56 Å². The van der Waals surface area contributed by atoms with E-state index in [1.54, 1.807) is 0 Å². The number of carbonyl (C=O) groups excluding carboxylic acids is 1. The standard InChI is InChI=1S/C17H19OP.Li.H/c1-11-8-9-12(2)15(10-11)19-17(18)16-13(3)6-5-7-14(16)4;;/h5-10,19H,1-4H3;;/q;+1;-1. The van der Waals surface area contributed by atoms with Crippen LogP contribution in [0, 0.1) is 27.7 Å². The maximum atomic E-state index is 12.5. The van der Waals surface area contributed by atoms with Crippen molar-refractivity contribution in [1.82, 2.24) is 0 Å². The topological polar surface area (TPSA) is 17.1 Å². The molecule has 2 aromatic rings. The third-order valence-electron chi connectivity index (χ3n) is 3.35. The summed E-state index contributed by atoms with van der Waals surface area (Å²) in [4.78, 5) is 12.5. The van der Waals surface area contributed by atoms with Gasteiger partial charge in [-0.2, -0.15) is 0 Å². The fourth-order valence-electron chi connectivity index (χ4n) is 2.23. The summed E-state index contributed by atoms with van der Waals surface area (Å²) in [6.45, 7) is 8.15. The van der Waals surface area contributed by atoms with Crippen LogP contribution >= 0.6 is 8.58 Å². The SMILES string of the molecule is Cc1ccc(C)c(PC(=O)c2c(C)cccc2C)c1.[H-].[Li+]. The smallest absolute Gasteiger partial charge is 1.00 e. The Labute approximate surface area is 136 Å². The molecule has 100 valence electrons. The molecule has 20 heavy (non-hydrogen) atoms. The van der Waals surface area contributed by atoms with E-state index in [4.69, 9.17) is 0 Å². The number of hydrogen-bond donors (Lipinski definition) is 0. The van der Waals surface area contributed by atoms with Crippen LogP contribution in [0.2, 0.25) is 0 Å². The fraction of sp³-hybridized carbons (Fsp3) is 0.235. The first-order valence-electron chi connectivity index (χ1n) is 6.44. The summed E-state index contributed by atoms with van der Waals surface area (Å²) in [6.07, 6.45) is 0. The molecule has 0 aliphatic heterocycles. The normalized spacial score (nSPS) is 10.6. The molecule has 0 aliphatic rings. The fourth-order valence-corrected chi connectivity index (χ4v) is 3.57. The zero-order valence-corrected chi connectivity index (χ0v) is 13.9. The first-order valence-corrected chi connectivity index (χ1v) is 7.44. The molecule has 0 amide bonds. The van der Waals surface area contributed by atoms with Crippen LogP contribution in [-0.2, 0) is 0 Å². The van der Waals surface area contributed by atoms with Crippen molar-refractivity contribution in [1.29, 1.82) is 0 Å². The molecule has 2 aromatic carbocycles. The Morgan fingerprint density at radius 2 is 1.55 bits per heavy atom. The van der Waals surface area contributed by atoms with E-state index in [-0.39, 0.29) is 34.4 Å². The third kappa shape index (κ3) is 3.83. The molecule has 0 radical (unpaired) electrons. The predicted octanol–water partition coefficient (Wildman–Crippen LogP) is 1.18. The van der Waals surface area contributed by atoms with Gasteiger partial charge in [-0.15, -0.1) is 0 Å². The average molecular weight is 278 g/mol. The number of rotatable bonds is 3. The molecular weight excluding hydrogens is 258 g/mol. The van der Waals surface area contributed by atoms with Gasteiger partial charge in [-0.1, -0.05) is 42.0 Å². The first-order chi connectivity index (χ1) is 8.99. The molecule has 1 unspecified atom stereocenters. The summed E-state index contributed by atoms with van der Waals surface area (Å²) in [5.41, 5.74) is 5.68. The Bertz CT molecular complexity index is 620. The number of benzene rings is 2. The van der Waals surface area contributed by atoms with Crippen molar-refractivity contribution in [3.05, 3.63) is 64.2 Å². The minimum absolute atomic E-state index is 0. The van der Waals surface area contributed by atoms with Gasteiger partial charge in [0.2, 0.25) is 0 Å². The van der Waals surface area contributed by atoms with Gasteiger partial charge in [0.1, 0.15) is 0 Å². The summed E-state index contributed by atoms with van der Waals surface area (Å²) in [5.74, 6) is 0. The van der Waals surface area contributed by atoms with Crippen molar-refractivity contribution < 1.29 is 25.1 Å². The third-order valence-corrected chi connectivity index (χ3v) is 4.63. The van der Waals surface area contributed by atoms with Gasteiger partial charge in [0.25, 0.3) is 0 Å². The van der Waals surface area contributed by atoms with Gasteiger partial charge in [0.15, 0.2) is 5.52 Å². The monoisotopic (exact) mass is 278 g/mol. The van der Waals surface area contributed by atoms with Crippen LogP contribution in [0.4, 0.5) is 0 Å². The van der Waals surface area contributed by atoms with E-state index in [2.05, 4.69) is 32.0 Å². The van der Waals surface area contributed by atoms with Crippen LogP contribution < -0.4 is 24.2 Å². The molecule has 0 heterocycles. The van der Waals surface area contributed by atoms with E-state index in [1.807, 2.05) is 32.0 Å². The molecule has 0 fully saturated rings. The Morgan fingerprint density at radius 3 is 2.15 bits per heavy atom. The van der Waals surface area contributed by atoms with Gasteiger partial charge in [-0.3, -0.25) is 4.79 Å². The first kappa shape index (κ1) is 17.2. The zero-order chi connectivity index (χ0) is 14.0. The quantitative estimate of drug-likeness (QED) is 0.609. The predicted molar refractivity (Wildman–Crippen MR) is 85.2 cm³/mol. The van der Waals surface area contributed by atoms with E-state index in [9.17, 15) is 4.79 Å². The van der Waals surface area contributed by atoms with Crippen LogP contribution in [0.1, 0.15) is 34.0 Å². The van der Waals surface area contributed by atoms with Gasteiger partial charge in [0.05, 0.1) is 0 Å². The summed E-state index contributed by atoms with van der Waals surface area (Å²) in [7, 11) is 0.205. The second-order valence-electron chi connectivity index (χ2n) is 5.04. The van der Waals surface area contributed by atoms with Crippen molar-refractivity contribution in [2.75, 3.05) is 0 Å². The number of aryl methyl sites for hydroxylation is 4. The van der Waals surface area contributed by atoms with Crippen molar-refractivity contribution in [2.45, 2.75) is 27.7 Å². The Hall–Kier alpha value is -0.863. The Balaban J connectivity index is 0.00000200. The van der Waals surface area contributed by atoms with Crippen molar-refractivity contribution in [2.24, 2.45) is 0 Å². The minimum Gasteiger partial charge on any atom is -1.00 e. The van der Waals surface area contributed by atoms with E-state index in [0.717, 1.165) is 22.0 Å². The second kappa shape index (κ2) is 7.23. The summed E-state index contributed by atoms with van der Waals surface area (Å²) < 4.78 is 0. The van der Waals surface area contributed by atoms with E-state index in [0.29, 0.717) is 0 Å². The number of carbonyl (C=O) groups is 1. The molecule has 0 aliphatic carbocycles. The molecule has 3 heteroatoms. The summed E-state index contributed by atoms with van der Waals surface area (Å²) in [5, 5.41) is 1.16. The molecule has 2 rings (SSSR count). The molecule has 0 N–H and O–H groups in total. The molecule has 0 bridgehead atoms. The van der Waals surface area contributed by atoms with Crippen LogP contribution in [0.25, 0.3) is 0 Å². The Morgan fingerprint density at radius 1 is 0.950 bits per heavy atom. The summed E-state index contributed by atoms with van der Waals surface area (Å²) >= 11 is 0. The van der Waals surface area contributed by atoms with Crippen molar-refractivity contribution >= 4 is 19.4 Å². The molecule has 1 atom stereocenters. The van der Waals surface area contributed by atoms with E-state index in [1.165, 1.54) is 11.1 Å². The zero-order valence-electron chi connectivity index (χ0n) is 13.9. The van der Waals surface area contributed by atoms with Gasteiger partial charge in [-0.25, -0.2) is 0 Å². The second-order valence-corrected chi connectivity index (χ2v) is 6.28. The molecule has 1 nitrogen and oxygen atoms in total.